The molecule has 3 unspecified atom stereocenters. The topological polar surface area (TPSA) is 98.3 Å². The summed E-state index contributed by atoms with van der Waals surface area (Å²) in [4.78, 5) is 19.6. The number of nitrogens with one attached hydrogen (secondary N) is 1. The zero-order chi connectivity index (χ0) is 20.5. The Kier molecular flexibility index (Phi) is 5.33. The lowest BCUT2D eigenvalue weighted by Gasteiger charge is -2.19. The van der Waals surface area contributed by atoms with Crippen molar-refractivity contribution in [1.29, 1.82) is 0 Å². The van der Waals surface area contributed by atoms with Gasteiger partial charge in [0.1, 0.15) is 12.4 Å². The van der Waals surface area contributed by atoms with E-state index in [1.54, 1.807) is 0 Å². The van der Waals surface area contributed by atoms with Gasteiger partial charge in [-0.2, -0.15) is 9.67 Å². The number of rotatable bonds is 7. The van der Waals surface area contributed by atoms with Gasteiger partial charge in [-0.05, 0) is 81.3 Å². The molecule has 3 N–H and O–H groups in total. The van der Waals surface area contributed by atoms with Crippen molar-refractivity contribution >= 4 is 23.5 Å². The van der Waals surface area contributed by atoms with E-state index in [-0.39, 0.29) is 17.8 Å². The normalized spacial score (nSPS) is 25.7. The third kappa shape index (κ3) is 4.01. The van der Waals surface area contributed by atoms with Crippen LogP contribution in [0, 0.1) is 17.8 Å². The molecule has 2 heterocycles. The molecule has 1 aromatic carbocycles. The SMILES string of the molecule is Nc1nc(Nc2ccc(OCCN3CCCC3)cc2)nn1C(=O)C1CC2CCC1C2. The van der Waals surface area contributed by atoms with Crippen molar-refractivity contribution in [3.05, 3.63) is 24.3 Å². The van der Waals surface area contributed by atoms with Gasteiger partial charge in [0.25, 0.3) is 5.91 Å². The average molecular weight is 411 g/mol. The van der Waals surface area contributed by atoms with Crippen molar-refractivity contribution in [2.45, 2.75) is 38.5 Å². The standard InChI is InChI=1S/C22H30N6O2/c23-21-25-22(26-28(21)20(29)19-14-15-3-4-16(19)13-15)24-17-5-7-18(8-6-17)30-12-11-27-9-1-2-10-27/h5-8,15-16,19H,1-4,9-14H2,(H3,23,24,25,26). The molecule has 160 valence electrons. The minimum Gasteiger partial charge on any atom is -0.492 e. The molecule has 3 fully saturated rings. The molecule has 8 heteroatoms. The van der Waals surface area contributed by atoms with E-state index in [2.05, 4.69) is 20.3 Å². The van der Waals surface area contributed by atoms with E-state index < -0.39 is 0 Å². The Morgan fingerprint density at radius 2 is 1.97 bits per heavy atom. The van der Waals surface area contributed by atoms with E-state index in [1.165, 1.54) is 43.5 Å². The van der Waals surface area contributed by atoms with Crippen molar-refractivity contribution in [2.24, 2.45) is 17.8 Å². The Labute approximate surface area is 176 Å². The largest absolute Gasteiger partial charge is 0.492 e. The maximum absolute atomic E-state index is 12.9. The van der Waals surface area contributed by atoms with Crippen LogP contribution in [0.15, 0.2) is 24.3 Å². The zero-order valence-electron chi connectivity index (χ0n) is 17.3. The summed E-state index contributed by atoms with van der Waals surface area (Å²) in [5.41, 5.74) is 6.82. The molecular formula is C22H30N6O2. The highest BCUT2D eigenvalue weighted by Gasteiger charge is 2.44. The van der Waals surface area contributed by atoms with E-state index in [9.17, 15) is 4.79 Å². The molecule has 30 heavy (non-hydrogen) atoms. The van der Waals surface area contributed by atoms with Gasteiger partial charge in [-0.15, -0.1) is 5.10 Å². The van der Waals surface area contributed by atoms with Crippen molar-refractivity contribution in [1.82, 2.24) is 19.7 Å². The second kappa shape index (κ2) is 8.26. The fourth-order valence-corrected chi connectivity index (χ4v) is 5.31. The fourth-order valence-electron chi connectivity index (χ4n) is 5.31. The van der Waals surface area contributed by atoms with Crippen LogP contribution in [0.4, 0.5) is 17.6 Å². The van der Waals surface area contributed by atoms with Gasteiger partial charge in [0.15, 0.2) is 0 Å². The zero-order valence-corrected chi connectivity index (χ0v) is 17.3. The van der Waals surface area contributed by atoms with Crippen LogP contribution in [-0.4, -0.2) is 51.8 Å². The van der Waals surface area contributed by atoms with Crippen LogP contribution in [0.3, 0.4) is 0 Å². The first-order valence-electron chi connectivity index (χ1n) is 11.1. The number of nitrogens with two attached hydrogens (primary N) is 1. The number of carbonyl (C=O) groups is 1. The van der Waals surface area contributed by atoms with E-state index in [4.69, 9.17) is 10.5 Å². The van der Waals surface area contributed by atoms with Gasteiger partial charge in [0.2, 0.25) is 11.9 Å². The molecule has 1 saturated heterocycles. The lowest BCUT2D eigenvalue weighted by Crippen LogP contribution is -2.28. The van der Waals surface area contributed by atoms with Crippen LogP contribution in [0.1, 0.15) is 43.3 Å². The van der Waals surface area contributed by atoms with E-state index in [0.29, 0.717) is 24.4 Å². The molecule has 2 saturated carbocycles. The third-order valence-corrected chi connectivity index (χ3v) is 6.88. The lowest BCUT2D eigenvalue weighted by atomic mass is 9.88. The van der Waals surface area contributed by atoms with Gasteiger partial charge in [-0.25, -0.2) is 0 Å². The van der Waals surface area contributed by atoms with Gasteiger partial charge in [0.05, 0.1) is 0 Å². The Morgan fingerprint density at radius 3 is 2.67 bits per heavy atom. The number of nitrogen functional groups attached to an aromatic ring is 1. The monoisotopic (exact) mass is 410 g/mol. The summed E-state index contributed by atoms with van der Waals surface area (Å²) >= 11 is 0. The molecular weight excluding hydrogens is 380 g/mol. The van der Waals surface area contributed by atoms with Crippen LogP contribution in [-0.2, 0) is 0 Å². The Hall–Kier alpha value is -2.61. The molecule has 5 rings (SSSR count). The number of hydrogen-bond acceptors (Lipinski definition) is 7. The van der Waals surface area contributed by atoms with E-state index in [0.717, 1.165) is 30.8 Å². The first-order chi connectivity index (χ1) is 14.7. The number of likely N-dealkylation sites (tertiary alicyclic amines) is 1. The molecule has 2 aliphatic carbocycles. The van der Waals surface area contributed by atoms with Crippen LogP contribution < -0.4 is 15.8 Å². The van der Waals surface area contributed by atoms with Crippen molar-refractivity contribution in [3.63, 3.8) is 0 Å². The summed E-state index contributed by atoms with van der Waals surface area (Å²) in [6, 6.07) is 7.68. The molecule has 2 aromatic rings. The number of carbonyl (C=O) groups excluding carboxylic acids is 1. The smallest absolute Gasteiger partial charge is 0.253 e. The number of hydrogen-bond donors (Lipinski definition) is 2. The van der Waals surface area contributed by atoms with E-state index >= 15 is 0 Å². The van der Waals surface area contributed by atoms with Crippen LogP contribution >= 0.6 is 0 Å². The summed E-state index contributed by atoms with van der Waals surface area (Å²) in [7, 11) is 0. The molecule has 3 aliphatic rings. The first-order valence-corrected chi connectivity index (χ1v) is 11.1. The van der Waals surface area contributed by atoms with Crippen molar-refractivity contribution in [3.8, 4) is 5.75 Å². The molecule has 2 bridgehead atoms. The quantitative estimate of drug-likeness (QED) is 0.723. The fraction of sp³-hybridized carbons (Fsp3) is 0.591. The predicted octanol–water partition coefficient (Wildman–Crippen LogP) is 3.15. The second-order valence-electron chi connectivity index (χ2n) is 8.87. The summed E-state index contributed by atoms with van der Waals surface area (Å²) in [5.74, 6) is 2.53. The van der Waals surface area contributed by atoms with Crippen LogP contribution in [0.25, 0.3) is 0 Å². The average Bonchev–Trinajstić information content (AvgIpc) is 3.54. The molecule has 0 radical (unpaired) electrons. The third-order valence-electron chi connectivity index (χ3n) is 6.88. The van der Waals surface area contributed by atoms with Crippen LogP contribution in [0.2, 0.25) is 0 Å². The molecule has 1 aromatic heterocycles. The molecule has 1 aliphatic heterocycles. The number of aromatic nitrogens is 3. The number of anilines is 3. The minimum atomic E-state index is -0.0120. The van der Waals surface area contributed by atoms with Gasteiger partial charge < -0.3 is 15.8 Å². The number of ether oxygens (including phenoxy) is 1. The summed E-state index contributed by atoms with van der Waals surface area (Å²) < 4.78 is 7.12. The predicted molar refractivity (Wildman–Crippen MR) is 115 cm³/mol. The second-order valence-corrected chi connectivity index (χ2v) is 8.87. The maximum Gasteiger partial charge on any atom is 0.253 e. The Morgan fingerprint density at radius 1 is 1.17 bits per heavy atom. The first kappa shape index (κ1) is 19.4. The molecule has 8 nitrogen and oxygen atoms in total. The number of nitrogens with zero attached hydrogens (tertiary/aromatic N) is 4. The van der Waals surface area contributed by atoms with Crippen LogP contribution in [0.5, 0.6) is 5.75 Å². The van der Waals surface area contributed by atoms with Gasteiger partial charge in [-0.1, -0.05) is 6.42 Å². The summed E-state index contributed by atoms with van der Waals surface area (Å²) in [6.45, 7) is 4.02. The minimum absolute atomic E-state index is 0.0120. The van der Waals surface area contributed by atoms with Gasteiger partial charge in [0, 0.05) is 18.2 Å². The molecule has 0 spiro atoms. The van der Waals surface area contributed by atoms with Gasteiger partial charge >= 0.3 is 0 Å². The molecule has 0 amide bonds. The van der Waals surface area contributed by atoms with Gasteiger partial charge in [-0.3, -0.25) is 9.69 Å². The summed E-state index contributed by atoms with van der Waals surface area (Å²) in [6.07, 6.45) is 7.12. The highest BCUT2D eigenvalue weighted by atomic mass is 16.5. The Bertz CT molecular complexity index is 890. The Balaban J connectivity index is 1.17. The number of benzene rings is 1. The highest BCUT2D eigenvalue weighted by molar-refractivity contribution is 5.83. The highest BCUT2D eigenvalue weighted by Crippen LogP contribution is 2.48. The number of fused-ring (bicyclic) bond motifs is 2. The summed E-state index contributed by atoms with van der Waals surface area (Å²) in [5, 5.41) is 7.47. The van der Waals surface area contributed by atoms with Crippen molar-refractivity contribution < 1.29 is 9.53 Å². The van der Waals surface area contributed by atoms with E-state index in [1.807, 2.05) is 24.3 Å². The molecule has 3 atom stereocenters. The van der Waals surface area contributed by atoms with Crippen molar-refractivity contribution in [2.75, 3.05) is 37.3 Å². The lowest BCUT2D eigenvalue weighted by molar-refractivity contribution is 0.0772. The maximum atomic E-state index is 12.9.